The Bertz CT molecular complexity index is 1380. The molecule has 0 radical (unpaired) electrons. The van der Waals surface area contributed by atoms with Crippen LogP contribution in [-0.2, 0) is 4.74 Å². The summed E-state index contributed by atoms with van der Waals surface area (Å²) in [7, 11) is 0. The average molecular weight is 491 g/mol. The number of likely N-dealkylation sites (tertiary alicyclic amines) is 1. The van der Waals surface area contributed by atoms with Crippen LogP contribution in [0.5, 0.6) is 0 Å². The van der Waals surface area contributed by atoms with Gasteiger partial charge in [-0.1, -0.05) is 18.2 Å². The largest absolute Gasteiger partial charge is 0.391 e. The van der Waals surface area contributed by atoms with Crippen molar-refractivity contribution in [2.75, 3.05) is 44.3 Å². The number of amides is 1. The summed E-state index contributed by atoms with van der Waals surface area (Å²) in [6.45, 7) is 5.88. The van der Waals surface area contributed by atoms with Gasteiger partial charge in [0.2, 0.25) is 0 Å². The number of rotatable bonds is 4. The van der Waals surface area contributed by atoms with Gasteiger partial charge in [-0.2, -0.15) is 5.10 Å². The van der Waals surface area contributed by atoms with Crippen LogP contribution in [0.15, 0.2) is 36.5 Å². The van der Waals surface area contributed by atoms with Crippen LogP contribution in [0, 0.1) is 6.92 Å². The van der Waals surface area contributed by atoms with Gasteiger partial charge in [0.25, 0.3) is 5.91 Å². The van der Waals surface area contributed by atoms with Crippen LogP contribution in [0.4, 0.5) is 5.82 Å². The predicted octanol–water partition coefficient (Wildman–Crippen LogP) is 3.10. The second-order valence-electron chi connectivity index (χ2n) is 8.96. The number of pyridine rings is 1. The van der Waals surface area contributed by atoms with Crippen molar-refractivity contribution in [2.45, 2.75) is 19.4 Å². The molecule has 4 aromatic rings. The third-order valence-electron chi connectivity index (χ3n) is 6.63. The zero-order valence-corrected chi connectivity index (χ0v) is 20.2. The minimum Gasteiger partial charge on any atom is -0.391 e. The number of morpholine rings is 1. The van der Waals surface area contributed by atoms with Crippen molar-refractivity contribution in [1.82, 2.24) is 25.1 Å². The van der Waals surface area contributed by atoms with E-state index < -0.39 is 6.10 Å². The van der Waals surface area contributed by atoms with E-state index in [4.69, 9.17) is 9.72 Å². The van der Waals surface area contributed by atoms with Crippen LogP contribution >= 0.6 is 11.3 Å². The normalized spacial score (nSPS) is 18.5. The minimum atomic E-state index is -0.491. The van der Waals surface area contributed by atoms with E-state index in [0.717, 1.165) is 51.5 Å². The first-order chi connectivity index (χ1) is 17.1. The van der Waals surface area contributed by atoms with Gasteiger partial charge < -0.3 is 19.6 Å². The summed E-state index contributed by atoms with van der Waals surface area (Å²) < 4.78 is 5.44. The maximum atomic E-state index is 13.5. The van der Waals surface area contributed by atoms with Crippen LogP contribution < -0.4 is 4.90 Å². The molecule has 5 heterocycles. The summed E-state index contributed by atoms with van der Waals surface area (Å²) in [4.78, 5) is 27.6. The highest BCUT2D eigenvalue weighted by Crippen LogP contribution is 2.38. The third-order valence-corrected chi connectivity index (χ3v) is 7.75. The molecule has 2 N–H and O–H groups in total. The first-order valence-corrected chi connectivity index (χ1v) is 12.6. The summed E-state index contributed by atoms with van der Waals surface area (Å²) in [6.07, 6.45) is 1.90. The van der Waals surface area contributed by atoms with Gasteiger partial charge in [-0.3, -0.25) is 9.89 Å². The molecule has 1 amide bonds. The number of para-hydroxylation sites is 1. The van der Waals surface area contributed by atoms with Crippen molar-refractivity contribution >= 4 is 34.0 Å². The number of hydrogen-bond donors (Lipinski definition) is 2. The lowest BCUT2D eigenvalue weighted by molar-refractivity contribution is 0.0761. The van der Waals surface area contributed by atoms with Crippen molar-refractivity contribution in [1.29, 1.82) is 0 Å². The Balaban J connectivity index is 1.41. The molecule has 1 aromatic carbocycles. The zero-order chi connectivity index (χ0) is 23.9. The number of hydrogen-bond acceptors (Lipinski definition) is 8. The molecule has 9 nitrogen and oxygen atoms in total. The fraction of sp³-hybridized carbons (Fsp3) is 0.360. The highest BCUT2D eigenvalue weighted by Gasteiger charge is 2.30. The predicted molar refractivity (Wildman–Crippen MR) is 135 cm³/mol. The number of nitrogens with zero attached hydrogens (tertiary/aromatic N) is 5. The second-order valence-corrected chi connectivity index (χ2v) is 9.96. The molecule has 10 heteroatoms. The lowest BCUT2D eigenvalue weighted by Crippen LogP contribution is -2.36. The molecule has 6 rings (SSSR count). The average Bonchev–Trinajstić information content (AvgIpc) is 3.63. The number of aryl methyl sites for hydroxylation is 1. The Morgan fingerprint density at radius 3 is 2.80 bits per heavy atom. The van der Waals surface area contributed by atoms with Gasteiger partial charge in [-0.15, -0.1) is 11.3 Å². The Hall–Kier alpha value is -3.34. The number of thiazole rings is 1. The third kappa shape index (κ3) is 4.07. The molecule has 2 saturated heterocycles. The van der Waals surface area contributed by atoms with Gasteiger partial charge in [0.05, 0.1) is 29.7 Å². The highest BCUT2D eigenvalue weighted by molar-refractivity contribution is 7.18. The van der Waals surface area contributed by atoms with Crippen LogP contribution in [0.3, 0.4) is 0 Å². The summed E-state index contributed by atoms with van der Waals surface area (Å²) in [5, 5.41) is 19.3. The molecular formula is C25H26N6O3S. The first kappa shape index (κ1) is 22.1. The number of H-pyrrole nitrogens is 1. The molecule has 1 atom stereocenters. The monoisotopic (exact) mass is 490 g/mol. The van der Waals surface area contributed by atoms with Crippen LogP contribution in [-0.4, -0.2) is 81.6 Å². The number of aromatic amines is 1. The SMILES string of the molecule is Cc1cccc2c(-c3nc(C(=O)N4CC[C@H](O)C4)c(-c4ccc(N5CCOCC5)nc4)s3)[nH]nc12. The van der Waals surface area contributed by atoms with E-state index in [1.54, 1.807) is 4.90 Å². The molecule has 2 aliphatic rings. The number of carbonyl (C=O) groups excluding carboxylic acids is 1. The Kier molecular flexibility index (Phi) is 5.71. The molecule has 0 bridgehead atoms. The van der Waals surface area contributed by atoms with Crippen LogP contribution in [0.1, 0.15) is 22.5 Å². The van der Waals surface area contributed by atoms with E-state index in [-0.39, 0.29) is 5.91 Å². The van der Waals surface area contributed by atoms with Gasteiger partial charge >= 0.3 is 0 Å². The van der Waals surface area contributed by atoms with Crippen molar-refractivity contribution in [2.24, 2.45) is 0 Å². The smallest absolute Gasteiger partial charge is 0.274 e. The van der Waals surface area contributed by atoms with E-state index in [1.165, 1.54) is 11.3 Å². The lowest BCUT2D eigenvalue weighted by Gasteiger charge is -2.27. The van der Waals surface area contributed by atoms with Gasteiger partial charge in [0.1, 0.15) is 22.2 Å². The molecule has 0 saturated carbocycles. The molecule has 2 fully saturated rings. The quantitative estimate of drug-likeness (QED) is 0.453. The van der Waals surface area contributed by atoms with Gasteiger partial charge in [-0.05, 0) is 31.0 Å². The van der Waals surface area contributed by atoms with E-state index >= 15 is 0 Å². The van der Waals surface area contributed by atoms with Crippen molar-refractivity contribution in [3.8, 4) is 21.1 Å². The second kappa shape index (κ2) is 9.03. The molecule has 0 unspecified atom stereocenters. The van der Waals surface area contributed by atoms with E-state index in [1.807, 2.05) is 43.5 Å². The number of carbonyl (C=O) groups is 1. The molecule has 0 spiro atoms. The fourth-order valence-electron chi connectivity index (χ4n) is 4.69. The number of fused-ring (bicyclic) bond motifs is 1. The van der Waals surface area contributed by atoms with Crippen molar-refractivity contribution in [3.63, 3.8) is 0 Å². The molecular weight excluding hydrogens is 464 g/mol. The first-order valence-electron chi connectivity index (χ1n) is 11.8. The Labute approximate surface area is 206 Å². The molecule has 0 aliphatic carbocycles. The maximum absolute atomic E-state index is 13.5. The molecule has 2 aliphatic heterocycles. The lowest BCUT2D eigenvalue weighted by atomic mass is 10.1. The van der Waals surface area contributed by atoms with Crippen molar-refractivity contribution in [3.05, 3.63) is 47.8 Å². The maximum Gasteiger partial charge on any atom is 0.274 e. The van der Waals surface area contributed by atoms with Crippen molar-refractivity contribution < 1.29 is 14.6 Å². The summed E-state index contributed by atoms with van der Waals surface area (Å²) >= 11 is 1.45. The summed E-state index contributed by atoms with van der Waals surface area (Å²) in [6, 6.07) is 10.0. The van der Waals surface area contributed by atoms with Crippen LogP contribution in [0.2, 0.25) is 0 Å². The van der Waals surface area contributed by atoms with E-state index in [9.17, 15) is 9.90 Å². The van der Waals surface area contributed by atoms with Gasteiger partial charge in [0, 0.05) is 43.3 Å². The van der Waals surface area contributed by atoms with E-state index in [2.05, 4.69) is 20.1 Å². The number of benzene rings is 1. The topological polar surface area (TPSA) is 107 Å². The number of anilines is 1. The van der Waals surface area contributed by atoms with Gasteiger partial charge in [-0.25, -0.2) is 9.97 Å². The van der Waals surface area contributed by atoms with Crippen LogP contribution in [0.25, 0.3) is 32.0 Å². The number of β-amino-alcohol motifs (C(OH)–C–C–N with tert-alkyl or cyclic N) is 1. The highest BCUT2D eigenvalue weighted by atomic mass is 32.1. The minimum absolute atomic E-state index is 0.170. The Morgan fingerprint density at radius 1 is 1.20 bits per heavy atom. The number of nitrogens with one attached hydrogen (secondary N) is 1. The number of aliphatic hydroxyl groups is 1. The number of ether oxygens (including phenoxy) is 1. The van der Waals surface area contributed by atoms with E-state index in [0.29, 0.717) is 43.4 Å². The zero-order valence-electron chi connectivity index (χ0n) is 19.4. The number of aromatic nitrogens is 4. The number of aliphatic hydroxyl groups excluding tert-OH is 1. The molecule has 180 valence electrons. The molecule has 3 aromatic heterocycles. The standard InChI is InChI=1S/C25H26N6O3S/c1-15-3-2-4-18-20(15)28-29-21(18)24-27-22(25(33)31-8-7-17(32)14-31)23(35-24)16-5-6-19(26-13-16)30-9-11-34-12-10-30/h2-6,13,17,32H,7-12,14H2,1H3,(H,28,29)/t17-/m0/s1. The summed E-state index contributed by atoms with van der Waals surface area (Å²) in [5.74, 6) is 0.726. The Morgan fingerprint density at radius 2 is 2.06 bits per heavy atom. The molecule has 35 heavy (non-hydrogen) atoms. The summed E-state index contributed by atoms with van der Waals surface area (Å²) in [5.41, 5.74) is 4.00. The van der Waals surface area contributed by atoms with Gasteiger partial charge in [0.15, 0.2) is 0 Å². The fourth-order valence-corrected chi connectivity index (χ4v) is 5.74.